The van der Waals surface area contributed by atoms with Crippen molar-refractivity contribution in [1.29, 1.82) is 5.26 Å². The second kappa shape index (κ2) is 8.08. The zero-order valence-corrected chi connectivity index (χ0v) is 12.7. The lowest BCUT2D eigenvalue weighted by Gasteiger charge is -2.03. The first kappa shape index (κ1) is 15.9. The molecule has 0 bridgehead atoms. The van der Waals surface area contributed by atoms with Crippen molar-refractivity contribution in [3.8, 4) is 6.07 Å². The van der Waals surface area contributed by atoms with E-state index >= 15 is 0 Å². The van der Waals surface area contributed by atoms with E-state index in [-0.39, 0.29) is 5.82 Å². The lowest BCUT2D eigenvalue weighted by Crippen LogP contribution is -2.03. The van der Waals surface area contributed by atoms with E-state index in [1.54, 1.807) is 16.8 Å². The molecule has 0 atom stereocenters. The average molecular weight is 298 g/mol. The molecule has 0 unspecified atom stereocenters. The van der Waals surface area contributed by atoms with Crippen molar-refractivity contribution in [3.63, 3.8) is 0 Å². The monoisotopic (exact) mass is 298 g/mol. The molecule has 0 saturated carbocycles. The Balaban J connectivity index is 2.12. The van der Waals surface area contributed by atoms with Crippen LogP contribution >= 0.6 is 0 Å². The Morgan fingerprint density at radius 1 is 1.18 bits per heavy atom. The maximum atomic E-state index is 12.9. The highest BCUT2D eigenvalue weighted by atomic mass is 19.1. The molecule has 114 valence electrons. The van der Waals surface area contributed by atoms with Crippen molar-refractivity contribution in [2.24, 2.45) is 0 Å². The Morgan fingerprint density at radius 3 is 2.64 bits per heavy atom. The number of unbranched alkanes of at least 4 members (excludes halogenated alkanes) is 3. The van der Waals surface area contributed by atoms with Crippen LogP contribution in [0.3, 0.4) is 0 Å². The van der Waals surface area contributed by atoms with E-state index in [1.165, 1.54) is 25.0 Å². The number of nitriles is 1. The zero-order chi connectivity index (χ0) is 15.8. The van der Waals surface area contributed by atoms with Gasteiger partial charge in [0.1, 0.15) is 11.9 Å². The molecular formula is C17H19FN4. The number of aromatic nitrogens is 3. The number of halogens is 1. The predicted octanol–water partition coefficient (Wildman–Crippen LogP) is 4.04. The molecule has 0 fully saturated rings. The van der Waals surface area contributed by atoms with E-state index in [4.69, 9.17) is 5.26 Å². The summed E-state index contributed by atoms with van der Waals surface area (Å²) < 4.78 is 14.7. The van der Waals surface area contributed by atoms with Crippen LogP contribution in [0.4, 0.5) is 4.39 Å². The highest BCUT2D eigenvalue weighted by Gasteiger charge is 2.09. The van der Waals surface area contributed by atoms with Crippen LogP contribution < -0.4 is 0 Å². The largest absolute Gasteiger partial charge is 0.244 e. The minimum Gasteiger partial charge on any atom is -0.244 e. The summed E-state index contributed by atoms with van der Waals surface area (Å²) in [5.41, 5.74) is 1.88. The van der Waals surface area contributed by atoms with Gasteiger partial charge in [-0.3, -0.25) is 0 Å². The molecule has 1 aromatic carbocycles. The fraction of sp³-hybridized carbons (Fsp3) is 0.353. The molecule has 0 spiro atoms. The zero-order valence-electron chi connectivity index (χ0n) is 12.7. The highest BCUT2D eigenvalue weighted by Crippen LogP contribution is 2.13. The first-order chi connectivity index (χ1) is 10.7. The van der Waals surface area contributed by atoms with Gasteiger partial charge in [-0.15, -0.1) is 5.10 Å². The Bertz CT molecular complexity index is 665. The van der Waals surface area contributed by atoms with Crippen molar-refractivity contribution < 1.29 is 4.39 Å². The molecule has 22 heavy (non-hydrogen) atoms. The van der Waals surface area contributed by atoms with E-state index in [2.05, 4.69) is 23.3 Å². The third-order valence-corrected chi connectivity index (χ3v) is 3.41. The second-order valence-electron chi connectivity index (χ2n) is 5.10. The van der Waals surface area contributed by atoms with Crippen molar-refractivity contribution in [1.82, 2.24) is 15.0 Å². The third-order valence-electron chi connectivity index (χ3n) is 3.41. The van der Waals surface area contributed by atoms with Crippen molar-refractivity contribution in [3.05, 3.63) is 47.0 Å². The van der Waals surface area contributed by atoms with Crippen LogP contribution in [0.15, 0.2) is 24.3 Å². The second-order valence-corrected chi connectivity index (χ2v) is 5.10. The lowest BCUT2D eigenvalue weighted by atomic mass is 10.2. The molecule has 2 rings (SSSR count). The summed E-state index contributed by atoms with van der Waals surface area (Å²) in [7, 11) is 0. The van der Waals surface area contributed by atoms with Gasteiger partial charge in [0.15, 0.2) is 5.69 Å². The molecule has 0 N–H and O–H groups in total. The predicted molar refractivity (Wildman–Crippen MR) is 84.2 cm³/mol. The molecule has 1 heterocycles. The smallest absolute Gasteiger partial charge is 0.190 e. The summed E-state index contributed by atoms with van der Waals surface area (Å²) in [4.78, 5) is 0. The summed E-state index contributed by atoms with van der Waals surface area (Å²) in [6.45, 7) is 2.91. The quantitative estimate of drug-likeness (QED) is 0.725. The normalized spacial score (nSPS) is 11.0. The Labute approximate surface area is 129 Å². The lowest BCUT2D eigenvalue weighted by molar-refractivity contribution is 0.525. The van der Waals surface area contributed by atoms with Crippen molar-refractivity contribution >= 4 is 12.2 Å². The topological polar surface area (TPSA) is 54.5 Å². The molecular weight excluding hydrogens is 279 g/mol. The fourth-order valence-corrected chi connectivity index (χ4v) is 2.17. The van der Waals surface area contributed by atoms with Gasteiger partial charge in [0, 0.05) is 6.54 Å². The molecule has 0 amide bonds. The Hall–Kier alpha value is -2.48. The number of aryl methyl sites for hydroxylation is 1. The molecule has 0 aliphatic rings. The van der Waals surface area contributed by atoms with E-state index in [1.807, 2.05) is 12.2 Å². The Morgan fingerprint density at radius 2 is 1.95 bits per heavy atom. The van der Waals surface area contributed by atoms with Gasteiger partial charge >= 0.3 is 0 Å². The van der Waals surface area contributed by atoms with Crippen molar-refractivity contribution in [2.45, 2.75) is 39.2 Å². The highest BCUT2D eigenvalue weighted by molar-refractivity contribution is 5.69. The van der Waals surface area contributed by atoms with Gasteiger partial charge in [0.2, 0.25) is 0 Å². The van der Waals surface area contributed by atoms with Gasteiger partial charge in [0.25, 0.3) is 0 Å². The van der Waals surface area contributed by atoms with Gasteiger partial charge in [-0.2, -0.15) is 5.26 Å². The molecule has 0 aliphatic heterocycles. The molecule has 0 saturated heterocycles. The van der Waals surface area contributed by atoms with E-state index in [9.17, 15) is 4.39 Å². The van der Waals surface area contributed by atoms with Crippen LogP contribution in [0.1, 0.15) is 49.6 Å². The first-order valence-electron chi connectivity index (χ1n) is 7.52. The summed E-state index contributed by atoms with van der Waals surface area (Å²) in [5.74, 6) is -0.266. The van der Waals surface area contributed by atoms with Crippen LogP contribution in [-0.2, 0) is 6.54 Å². The summed E-state index contributed by atoms with van der Waals surface area (Å²) >= 11 is 0. The molecule has 2 aromatic rings. The minimum absolute atomic E-state index is 0.266. The number of hydrogen-bond acceptors (Lipinski definition) is 3. The van der Waals surface area contributed by atoms with Gasteiger partial charge < -0.3 is 0 Å². The maximum Gasteiger partial charge on any atom is 0.190 e. The van der Waals surface area contributed by atoms with Gasteiger partial charge in [-0.05, 0) is 30.2 Å². The molecule has 0 aliphatic carbocycles. The summed E-state index contributed by atoms with van der Waals surface area (Å²) in [6, 6.07) is 8.25. The van der Waals surface area contributed by atoms with Gasteiger partial charge in [0.05, 0.1) is 5.69 Å². The molecule has 5 heteroatoms. The standard InChI is InChI=1S/C17H19FN4/c1-2-3-4-5-12-22-17(16(13-19)20-21-22)11-8-14-6-9-15(18)10-7-14/h6-11H,2-5,12H2,1H3/b11-8+. The number of benzene rings is 1. The molecule has 0 radical (unpaired) electrons. The summed E-state index contributed by atoms with van der Waals surface area (Å²) in [5, 5.41) is 17.1. The van der Waals surface area contributed by atoms with Crippen molar-refractivity contribution in [2.75, 3.05) is 0 Å². The Kier molecular flexibility index (Phi) is 5.84. The first-order valence-corrected chi connectivity index (χ1v) is 7.52. The SMILES string of the molecule is CCCCCCn1nnc(C#N)c1/C=C/c1ccc(F)cc1. The van der Waals surface area contributed by atoms with Gasteiger partial charge in [-0.25, -0.2) is 9.07 Å². The molecule has 1 aromatic heterocycles. The molecule has 4 nitrogen and oxygen atoms in total. The summed E-state index contributed by atoms with van der Waals surface area (Å²) in [6.07, 6.45) is 8.17. The van der Waals surface area contributed by atoms with E-state index in [0.717, 1.165) is 24.9 Å². The van der Waals surface area contributed by atoms with Crippen LogP contribution in [-0.4, -0.2) is 15.0 Å². The fourth-order valence-electron chi connectivity index (χ4n) is 2.17. The third kappa shape index (κ3) is 4.26. The van der Waals surface area contributed by atoms with Crippen LogP contribution in [0.2, 0.25) is 0 Å². The van der Waals surface area contributed by atoms with E-state index in [0.29, 0.717) is 11.4 Å². The minimum atomic E-state index is -0.266. The van der Waals surface area contributed by atoms with Crippen LogP contribution in [0.25, 0.3) is 12.2 Å². The average Bonchev–Trinajstić information content (AvgIpc) is 2.93. The van der Waals surface area contributed by atoms with Crippen LogP contribution in [0, 0.1) is 17.1 Å². The number of hydrogen-bond donors (Lipinski definition) is 0. The maximum absolute atomic E-state index is 12.9. The number of rotatable bonds is 7. The van der Waals surface area contributed by atoms with Crippen LogP contribution in [0.5, 0.6) is 0 Å². The number of nitrogens with zero attached hydrogens (tertiary/aromatic N) is 4. The van der Waals surface area contributed by atoms with Gasteiger partial charge in [-0.1, -0.05) is 49.6 Å². The van der Waals surface area contributed by atoms with E-state index < -0.39 is 0 Å².